The van der Waals surface area contributed by atoms with Crippen LogP contribution in [0.2, 0.25) is 0 Å². The van der Waals surface area contributed by atoms with Crippen molar-refractivity contribution in [3.05, 3.63) is 52.8 Å². The van der Waals surface area contributed by atoms with E-state index in [9.17, 15) is 4.79 Å². The zero-order valence-electron chi connectivity index (χ0n) is 14.2. The van der Waals surface area contributed by atoms with Gasteiger partial charge in [-0.05, 0) is 57.9 Å². The van der Waals surface area contributed by atoms with Gasteiger partial charge >= 0.3 is 0 Å². The van der Waals surface area contributed by atoms with E-state index in [0.717, 1.165) is 29.1 Å². The first-order valence-electron chi connectivity index (χ1n) is 7.70. The Morgan fingerprint density at radius 2 is 1.96 bits per heavy atom. The molecule has 1 unspecified atom stereocenters. The van der Waals surface area contributed by atoms with E-state index in [-0.39, 0.29) is 24.4 Å². The molecular formula is C18H26ClN3O. The fourth-order valence-corrected chi connectivity index (χ4v) is 2.67. The van der Waals surface area contributed by atoms with Crippen LogP contribution in [0.25, 0.3) is 5.69 Å². The lowest BCUT2D eigenvalue weighted by molar-refractivity contribution is 0.0952. The van der Waals surface area contributed by atoms with Crippen LogP contribution in [0, 0.1) is 20.8 Å². The number of hydrogen-bond donors (Lipinski definition) is 2. The summed E-state index contributed by atoms with van der Waals surface area (Å²) >= 11 is 0. The molecule has 0 saturated carbocycles. The second-order valence-electron chi connectivity index (χ2n) is 5.98. The highest BCUT2D eigenvalue weighted by Crippen LogP contribution is 2.21. The van der Waals surface area contributed by atoms with Gasteiger partial charge in [0, 0.05) is 29.7 Å². The van der Waals surface area contributed by atoms with Crippen molar-refractivity contribution in [3.8, 4) is 5.69 Å². The standard InChI is InChI=1S/C18H25N3O.ClH/c1-12-6-5-7-16(10-12)21-14(3)11-17(15(21)4)18(22)20-9-8-13(2)19;/h5-7,10-11,13H,8-9,19H2,1-4H3,(H,20,22);1H. The highest BCUT2D eigenvalue weighted by molar-refractivity contribution is 5.95. The molecule has 0 aliphatic carbocycles. The van der Waals surface area contributed by atoms with Gasteiger partial charge in [-0.3, -0.25) is 4.79 Å². The average molecular weight is 336 g/mol. The fourth-order valence-electron chi connectivity index (χ4n) is 2.67. The summed E-state index contributed by atoms with van der Waals surface area (Å²) in [6.45, 7) is 8.61. The van der Waals surface area contributed by atoms with Gasteiger partial charge in [0.2, 0.25) is 0 Å². The van der Waals surface area contributed by atoms with Crippen molar-refractivity contribution in [2.45, 2.75) is 40.2 Å². The Bertz CT molecular complexity index is 677. The van der Waals surface area contributed by atoms with E-state index in [0.29, 0.717) is 6.54 Å². The third-order valence-corrected chi connectivity index (χ3v) is 3.82. The van der Waals surface area contributed by atoms with E-state index >= 15 is 0 Å². The Balaban J connectivity index is 0.00000264. The molecule has 3 N–H and O–H groups in total. The van der Waals surface area contributed by atoms with Crippen molar-refractivity contribution in [2.24, 2.45) is 5.73 Å². The van der Waals surface area contributed by atoms with Crippen LogP contribution in [-0.2, 0) is 0 Å². The van der Waals surface area contributed by atoms with Crippen LogP contribution in [0.3, 0.4) is 0 Å². The van der Waals surface area contributed by atoms with Crippen LogP contribution >= 0.6 is 12.4 Å². The lowest BCUT2D eigenvalue weighted by Crippen LogP contribution is -2.29. The molecule has 1 amide bonds. The molecule has 1 heterocycles. The smallest absolute Gasteiger partial charge is 0.253 e. The number of carbonyl (C=O) groups excluding carboxylic acids is 1. The molecule has 0 saturated heterocycles. The summed E-state index contributed by atoms with van der Waals surface area (Å²) in [5.41, 5.74) is 10.7. The molecule has 1 atom stereocenters. The average Bonchev–Trinajstić information content (AvgIpc) is 2.73. The van der Waals surface area contributed by atoms with Gasteiger partial charge in [-0.25, -0.2) is 0 Å². The highest BCUT2D eigenvalue weighted by atomic mass is 35.5. The summed E-state index contributed by atoms with van der Waals surface area (Å²) in [6, 6.07) is 10.3. The molecule has 4 nitrogen and oxygen atoms in total. The molecule has 1 aromatic carbocycles. The number of aryl methyl sites for hydroxylation is 2. The molecule has 2 aromatic rings. The first-order valence-corrected chi connectivity index (χ1v) is 7.70. The monoisotopic (exact) mass is 335 g/mol. The summed E-state index contributed by atoms with van der Waals surface area (Å²) in [5, 5.41) is 2.94. The number of benzene rings is 1. The molecule has 23 heavy (non-hydrogen) atoms. The Hall–Kier alpha value is -1.78. The second kappa shape index (κ2) is 8.18. The molecule has 2 rings (SSSR count). The maximum atomic E-state index is 12.3. The molecule has 0 spiro atoms. The van der Waals surface area contributed by atoms with Gasteiger partial charge in [0.15, 0.2) is 0 Å². The van der Waals surface area contributed by atoms with Crippen LogP contribution in [-0.4, -0.2) is 23.1 Å². The van der Waals surface area contributed by atoms with E-state index in [2.05, 4.69) is 35.0 Å². The number of halogens is 1. The summed E-state index contributed by atoms with van der Waals surface area (Å²) in [6.07, 6.45) is 0.780. The Morgan fingerprint density at radius 1 is 1.26 bits per heavy atom. The maximum absolute atomic E-state index is 12.3. The molecule has 126 valence electrons. The van der Waals surface area contributed by atoms with Crippen LogP contribution in [0.4, 0.5) is 0 Å². The third kappa shape index (κ3) is 4.60. The zero-order valence-corrected chi connectivity index (χ0v) is 15.0. The lowest BCUT2D eigenvalue weighted by atomic mass is 10.2. The largest absolute Gasteiger partial charge is 0.352 e. The number of nitrogens with zero attached hydrogens (tertiary/aromatic N) is 1. The van der Waals surface area contributed by atoms with Gasteiger partial charge in [-0.1, -0.05) is 12.1 Å². The zero-order chi connectivity index (χ0) is 16.3. The number of carbonyl (C=O) groups is 1. The minimum atomic E-state index is -0.0346. The van der Waals surface area contributed by atoms with Crippen LogP contribution in [0.1, 0.15) is 40.7 Å². The van der Waals surface area contributed by atoms with Gasteiger partial charge in [0.05, 0.1) is 5.56 Å². The normalized spacial score (nSPS) is 11.7. The molecule has 0 bridgehead atoms. The van der Waals surface area contributed by atoms with Crippen molar-refractivity contribution >= 4 is 18.3 Å². The molecular weight excluding hydrogens is 310 g/mol. The lowest BCUT2D eigenvalue weighted by Gasteiger charge is -2.11. The first-order chi connectivity index (χ1) is 10.4. The molecule has 0 aliphatic heterocycles. The van der Waals surface area contributed by atoms with Crippen molar-refractivity contribution < 1.29 is 4.79 Å². The first kappa shape index (κ1) is 19.3. The predicted octanol–water partition coefficient (Wildman–Crippen LogP) is 3.29. The van der Waals surface area contributed by atoms with Crippen LogP contribution in [0.5, 0.6) is 0 Å². The van der Waals surface area contributed by atoms with Gasteiger partial charge in [-0.2, -0.15) is 0 Å². The van der Waals surface area contributed by atoms with Crippen molar-refractivity contribution in [3.63, 3.8) is 0 Å². The second-order valence-corrected chi connectivity index (χ2v) is 5.98. The van der Waals surface area contributed by atoms with Crippen LogP contribution in [0.15, 0.2) is 30.3 Å². The topological polar surface area (TPSA) is 60.0 Å². The molecule has 0 fully saturated rings. The van der Waals surface area contributed by atoms with Crippen molar-refractivity contribution in [2.75, 3.05) is 6.54 Å². The van der Waals surface area contributed by atoms with Crippen molar-refractivity contribution in [1.82, 2.24) is 9.88 Å². The minimum absolute atomic E-state index is 0. The van der Waals surface area contributed by atoms with E-state index in [4.69, 9.17) is 5.73 Å². The van der Waals surface area contributed by atoms with Gasteiger partial charge in [0.25, 0.3) is 5.91 Å². The Kier molecular flexibility index (Phi) is 6.85. The fraction of sp³-hybridized carbons (Fsp3) is 0.389. The van der Waals surface area contributed by atoms with E-state index in [1.807, 2.05) is 32.9 Å². The number of nitrogens with two attached hydrogens (primary N) is 1. The summed E-state index contributed by atoms with van der Waals surface area (Å²) < 4.78 is 2.12. The number of amides is 1. The Morgan fingerprint density at radius 3 is 2.57 bits per heavy atom. The van der Waals surface area contributed by atoms with Crippen molar-refractivity contribution in [1.29, 1.82) is 0 Å². The minimum Gasteiger partial charge on any atom is -0.352 e. The van der Waals surface area contributed by atoms with E-state index in [1.165, 1.54) is 5.56 Å². The van der Waals surface area contributed by atoms with Gasteiger partial charge < -0.3 is 15.6 Å². The SMILES string of the molecule is Cc1cccc(-n2c(C)cc(C(=O)NCCC(C)N)c2C)c1.Cl. The molecule has 0 radical (unpaired) electrons. The maximum Gasteiger partial charge on any atom is 0.253 e. The third-order valence-electron chi connectivity index (χ3n) is 3.82. The van der Waals surface area contributed by atoms with Gasteiger partial charge in [-0.15, -0.1) is 12.4 Å². The number of nitrogens with one attached hydrogen (secondary N) is 1. The van der Waals surface area contributed by atoms with E-state index < -0.39 is 0 Å². The Labute approximate surface area is 144 Å². The summed E-state index contributed by atoms with van der Waals surface area (Å²) in [5.74, 6) is -0.0346. The number of hydrogen-bond acceptors (Lipinski definition) is 2. The van der Waals surface area contributed by atoms with Crippen LogP contribution < -0.4 is 11.1 Å². The van der Waals surface area contributed by atoms with E-state index in [1.54, 1.807) is 0 Å². The quantitative estimate of drug-likeness (QED) is 0.880. The molecule has 0 aliphatic rings. The number of aromatic nitrogens is 1. The molecule has 1 aromatic heterocycles. The highest BCUT2D eigenvalue weighted by Gasteiger charge is 2.16. The molecule has 5 heteroatoms. The summed E-state index contributed by atoms with van der Waals surface area (Å²) in [4.78, 5) is 12.3. The number of rotatable bonds is 5. The predicted molar refractivity (Wildman–Crippen MR) is 97.8 cm³/mol. The van der Waals surface area contributed by atoms with Gasteiger partial charge in [0.1, 0.15) is 0 Å². The summed E-state index contributed by atoms with van der Waals surface area (Å²) in [7, 11) is 0.